The minimum absolute atomic E-state index is 0.00856. The molecular formula is C20H20N2O8. The molecule has 0 aromatic heterocycles. The number of carbonyl (C=O) groups excluding carboxylic acids is 3. The molecule has 1 aliphatic heterocycles. The lowest BCUT2D eigenvalue weighted by Crippen LogP contribution is -2.51. The maximum atomic E-state index is 12.2. The van der Waals surface area contributed by atoms with Crippen molar-refractivity contribution in [1.29, 1.82) is 0 Å². The molecule has 10 nitrogen and oxygen atoms in total. The van der Waals surface area contributed by atoms with Gasteiger partial charge in [0.15, 0.2) is 18.1 Å². The van der Waals surface area contributed by atoms with E-state index in [0.717, 1.165) is 0 Å². The van der Waals surface area contributed by atoms with Crippen molar-refractivity contribution in [2.75, 3.05) is 27.4 Å². The van der Waals surface area contributed by atoms with Crippen LogP contribution in [0, 0.1) is 0 Å². The van der Waals surface area contributed by atoms with Gasteiger partial charge >= 0.3 is 5.97 Å². The molecule has 10 heteroatoms. The van der Waals surface area contributed by atoms with E-state index >= 15 is 0 Å². The highest BCUT2D eigenvalue weighted by Gasteiger charge is 2.27. The molecule has 1 atom stereocenters. The van der Waals surface area contributed by atoms with E-state index in [9.17, 15) is 14.4 Å². The van der Waals surface area contributed by atoms with Crippen LogP contribution in [0.1, 0.15) is 10.4 Å². The van der Waals surface area contributed by atoms with E-state index in [1.54, 1.807) is 30.3 Å². The van der Waals surface area contributed by atoms with Crippen LogP contribution < -0.4 is 29.8 Å². The van der Waals surface area contributed by atoms with E-state index in [2.05, 4.69) is 10.9 Å². The normalized spacial score (nSPS) is 14.3. The number of hydrogen-bond acceptors (Lipinski definition) is 8. The summed E-state index contributed by atoms with van der Waals surface area (Å²) in [4.78, 5) is 36.2. The summed E-state index contributed by atoms with van der Waals surface area (Å²) in [5.74, 6) is -0.340. The summed E-state index contributed by atoms with van der Waals surface area (Å²) in [5.41, 5.74) is 4.51. The molecule has 0 bridgehead atoms. The summed E-state index contributed by atoms with van der Waals surface area (Å²) in [5, 5.41) is 0. The molecule has 2 aromatic carbocycles. The van der Waals surface area contributed by atoms with Crippen LogP contribution in [-0.4, -0.2) is 51.3 Å². The van der Waals surface area contributed by atoms with Crippen LogP contribution in [0.15, 0.2) is 42.5 Å². The standard InChI is InChI=1S/C20H20N2O8/c1-26-13-7-12(8-14(9-13)27-2)20(25)29-11-18(23)21-22-19(24)17-10-28-15-5-3-4-6-16(15)30-17/h3-9,17H,10-11H2,1-2H3,(H,21,23)(H,22,24)/t17-/m1/s1. The van der Waals surface area contributed by atoms with Gasteiger partial charge in [0, 0.05) is 6.07 Å². The van der Waals surface area contributed by atoms with Crippen LogP contribution in [0.4, 0.5) is 0 Å². The van der Waals surface area contributed by atoms with Gasteiger partial charge in [-0.05, 0) is 24.3 Å². The van der Waals surface area contributed by atoms with E-state index in [0.29, 0.717) is 23.0 Å². The van der Waals surface area contributed by atoms with Crippen molar-refractivity contribution in [3.63, 3.8) is 0 Å². The van der Waals surface area contributed by atoms with Gasteiger partial charge in [-0.1, -0.05) is 12.1 Å². The van der Waals surface area contributed by atoms with E-state index in [1.807, 2.05) is 0 Å². The molecule has 0 unspecified atom stereocenters. The molecule has 0 aliphatic carbocycles. The molecule has 2 amide bonds. The molecule has 0 radical (unpaired) electrons. The Balaban J connectivity index is 1.46. The monoisotopic (exact) mass is 416 g/mol. The molecule has 2 aromatic rings. The average Bonchev–Trinajstić information content (AvgIpc) is 2.80. The summed E-state index contributed by atoms with van der Waals surface area (Å²) >= 11 is 0. The van der Waals surface area contributed by atoms with Gasteiger partial charge in [0.05, 0.1) is 19.8 Å². The molecule has 1 aliphatic rings. The van der Waals surface area contributed by atoms with Crippen molar-refractivity contribution in [1.82, 2.24) is 10.9 Å². The third kappa shape index (κ3) is 5.10. The van der Waals surface area contributed by atoms with Gasteiger partial charge in [0.25, 0.3) is 11.8 Å². The highest BCUT2D eigenvalue weighted by Crippen LogP contribution is 2.30. The first-order valence-electron chi connectivity index (χ1n) is 8.87. The van der Waals surface area contributed by atoms with Crippen molar-refractivity contribution in [3.05, 3.63) is 48.0 Å². The maximum absolute atomic E-state index is 12.2. The number of esters is 1. The third-order valence-corrected chi connectivity index (χ3v) is 4.05. The maximum Gasteiger partial charge on any atom is 0.338 e. The number of nitrogens with one attached hydrogen (secondary N) is 2. The largest absolute Gasteiger partial charge is 0.497 e. The molecule has 0 fully saturated rings. The molecule has 0 saturated heterocycles. The van der Waals surface area contributed by atoms with Gasteiger partial charge in [-0.2, -0.15) is 0 Å². The minimum atomic E-state index is -0.938. The Bertz CT molecular complexity index is 924. The molecule has 1 heterocycles. The average molecular weight is 416 g/mol. The highest BCUT2D eigenvalue weighted by molar-refractivity contribution is 5.92. The minimum Gasteiger partial charge on any atom is -0.497 e. The Morgan fingerprint density at radius 2 is 1.67 bits per heavy atom. The third-order valence-electron chi connectivity index (χ3n) is 4.05. The number of fused-ring (bicyclic) bond motifs is 1. The number of amides is 2. The van der Waals surface area contributed by atoms with Crippen molar-refractivity contribution in [2.24, 2.45) is 0 Å². The fourth-order valence-corrected chi connectivity index (χ4v) is 2.54. The van der Waals surface area contributed by atoms with Crippen LogP contribution in [0.5, 0.6) is 23.0 Å². The number of hydrazine groups is 1. The van der Waals surface area contributed by atoms with Crippen molar-refractivity contribution in [2.45, 2.75) is 6.10 Å². The second kappa shape index (κ2) is 9.50. The first kappa shape index (κ1) is 20.8. The van der Waals surface area contributed by atoms with E-state index in [1.165, 1.54) is 26.4 Å². The number of methoxy groups -OCH3 is 2. The van der Waals surface area contributed by atoms with Gasteiger partial charge in [0.1, 0.15) is 18.1 Å². The summed E-state index contributed by atoms with van der Waals surface area (Å²) in [7, 11) is 2.89. The molecular weight excluding hydrogens is 396 g/mol. The zero-order valence-corrected chi connectivity index (χ0v) is 16.3. The van der Waals surface area contributed by atoms with Gasteiger partial charge in [0.2, 0.25) is 6.10 Å². The molecule has 3 rings (SSSR count). The summed E-state index contributed by atoms with van der Waals surface area (Å²) in [6, 6.07) is 11.4. The summed E-state index contributed by atoms with van der Waals surface area (Å²) < 4.78 is 26.1. The van der Waals surface area contributed by atoms with Crippen LogP contribution in [-0.2, 0) is 14.3 Å². The predicted octanol–water partition coefficient (Wildman–Crippen LogP) is 0.848. The van der Waals surface area contributed by atoms with Gasteiger partial charge in [-0.15, -0.1) is 0 Å². The zero-order chi connectivity index (χ0) is 21.5. The number of carbonyl (C=O) groups is 3. The molecule has 0 spiro atoms. The van der Waals surface area contributed by atoms with Gasteiger partial charge < -0.3 is 23.7 Å². The lowest BCUT2D eigenvalue weighted by atomic mass is 10.2. The highest BCUT2D eigenvalue weighted by atomic mass is 16.6. The molecule has 30 heavy (non-hydrogen) atoms. The predicted molar refractivity (Wildman–Crippen MR) is 102 cm³/mol. The Morgan fingerprint density at radius 1 is 1.00 bits per heavy atom. The van der Waals surface area contributed by atoms with Crippen LogP contribution >= 0.6 is 0 Å². The summed E-state index contributed by atoms with van der Waals surface area (Å²) in [6.07, 6.45) is -0.938. The lowest BCUT2D eigenvalue weighted by Gasteiger charge is -2.25. The van der Waals surface area contributed by atoms with E-state index in [4.69, 9.17) is 23.7 Å². The fraction of sp³-hybridized carbons (Fsp3) is 0.250. The van der Waals surface area contributed by atoms with Crippen LogP contribution in [0.3, 0.4) is 0 Å². The Labute approximate surface area is 172 Å². The van der Waals surface area contributed by atoms with Crippen molar-refractivity contribution >= 4 is 17.8 Å². The second-order valence-corrected chi connectivity index (χ2v) is 6.08. The van der Waals surface area contributed by atoms with Crippen LogP contribution in [0.25, 0.3) is 0 Å². The fourth-order valence-electron chi connectivity index (χ4n) is 2.54. The first-order chi connectivity index (χ1) is 14.5. The van der Waals surface area contributed by atoms with Crippen molar-refractivity contribution in [3.8, 4) is 23.0 Å². The van der Waals surface area contributed by atoms with E-state index < -0.39 is 30.5 Å². The Hall–Kier alpha value is -3.95. The second-order valence-electron chi connectivity index (χ2n) is 6.08. The number of hydrogen-bond donors (Lipinski definition) is 2. The Kier molecular flexibility index (Phi) is 6.58. The van der Waals surface area contributed by atoms with Gasteiger partial charge in [-0.3, -0.25) is 20.4 Å². The molecule has 2 N–H and O–H groups in total. The number of para-hydroxylation sites is 2. The number of rotatable bonds is 6. The first-order valence-corrected chi connectivity index (χ1v) is 8.87. The van der Waals surface area contributed by atoms with Crippen LogP contribution in [0.2, 0.25) is 0 Å². The van der Waals surface area contributed by atoms with Gasteiger partial charge in [-0.25, -0.2) is 4.79 Å². The lowest BCUT2D eigenvalue weighted by molar-refractivity contribution is -0.135. The topological polar surface area (TPSA) is 121 Å². The summed E-state index contributed by atoms with van der Waals surface area (Å²) in [6.45, 7) is -0.616. The quantitative estimate of drug-likeness (QED) is 0.525. The Morgan fingerprint density at radius 3 is 2.33 bits per heavy atom. The molecule has 0 saturated carbocycles. The zero-order valence-electron chi connectivity index (χ0n) is 16.3. The SMILES string of the molecule is COc1cc(OC)cc(C(=O)OCC(=O)NNC(=O)[C@H]2COc3ccccc3O2)c1. The number of benzene rings is 2. The van der Waals surface area contributed by atoms with Crippen molar-refractivity contribution < 1.29 is 38.1 Å². The smallest absolute Gasteiger partial charge is 0.338 e. The number of ether oxygens (including phenoxy) is 5. The molecule has 158 valence electrons. The van der Waals surface area contributed by atoms with E-state index in [-0.39, 0.29) is 12.2 Å².